The standard InChI is InChI=1S/C25H21ClN4O2/c1-24(2)11-19-21(20(31)12-24)25(16-10-14(26)8-9-18(16)29-23(25)32)17(13-27)22(28)30(19)15-6-4-3-5-7-15/h3-10H,11-12,28H2,1-2H3,(H,29,32). The van der Waals surface area contributed by atoms with Crippen LogP contribution >= 0.6 is 11.6 Å². The predicted octanol–water partition coefficient (Wildman–Crippen LogP) is 4.39. The Morgan fingerprint density at radius 2 is 1.84 bits per heavy atom. The van der Waals surface area contributed by atoms with E-state index in [1.165, 1.54) is 0 Å². The average Bonchev–Trinajstić information content (AvgIpc) is 3.00. The van der Waals surface area contributed by atoms with Gasteiger partial charge in [0.15, 0.2) is 5.78 Å². The molecule has 0 fully saturated rings. The number of fused-ring (bicyclic) bond motifs is 3. The van der Waals surface area contributed by atoms with Crippen LogP contribution in [0, 0.1) is 16.7 Å². The maximum absolute atomic E-state index is 13.7. The average molecular weight is 445 g/mol. The molecule has 1 atom stereocenters. The van der Waals surface area contributed by atoms with Gasteiger partial charge in [-0.05, 0) is 42.2 Å². The fraction of sp³-hybridized carbons (Fsp3) is 0.240. The van der Waals surface area contributed by atoms with Gasteiger partial charge in [0.1, 0.15) is 17.3 Å². The lowest BCUT2D eigenvalue weighted by atomic mass is 9.61. The minimum Gasteiger partial charge on any atom is -0.384 e. The van der Waals surface area contributed by atoms with Crippen LogP contribution in [0.3, 0.4) is 0 Å². The molecule has 5 rings (SSSR count). The molecule has 1 unspecified atom stereocenters. The van der Waals surface area contributed by atoms with Crippen LogP contribution in [0.1, 0.15) is 32.3 Å². The molecule has 3 N–H and O–H groups in total. The molecule has 2 aromatic rings. The number of amides is 1. The number of nitrogens with two attached hydrogens (primary N) is 1. The van der Waals surface area contributed by atoms with Crippen molar-refractivity contribution in [2.75, 3.05) is 10.2 Å². The third-order valence-corrected chi connectivity index (χ3v) is 6.71. The zero-order valence-corrected chi connectivity index (χ0v) is 18.5. The number of ketones is 1. The quantitative estimate of drug-likeness (QED) is 0.679. The highest BCUT2D eigenvalue weighted by atomic mass is 35.5. The lowest BCUT2D eigenvalue weighted by molar-refractivity contribution is -0.123. The van der Waals surface area contributed by atoms with Gasteiger partial charge in [-0.3, -0.25) is 14.5 Å². The molecular weight excluding hydrogens is 424 g/mol. The van der Waals surface area contributed by atoms with Crippen LogP contribution in [0.4, 0.5) is 11.4 Å². The van der Waals surface area contributed by atoms with Crippen LogP contribution in [-0.4, -0.2) is 11.7 Å². The summed E-state index contributed by atoms with van der Waals surface area (Å²) in [6, 6.07) is 16.5. The molecule has 0 radical (unpaired) electrons. The number of nitriles is 1. The van der Waals surface area contributed by atoms with Crippen LogP contribution in [0.2, 0.25) is 5.02 Å². The normalized spacial score (nSPS) is 23.8. The summed E-state index contributed by atoms with van der Waals surface area (Å²) >= 11 is 6.30. The first-order valence-corrected chi connectivity index (χ1v) is 10.7. The van der Waals surface area contributed by atoms with Crippen molar-refractivity contribution in [1.82, 2.24) is 0 Å². The molecule has 2 aromatic carbocycles. The number of nitrogens with zero attached hydrogens (tertiary/aromatic N) is 2. The van der Waals surface area contributed by atoms with Crippen molar-refractivity contribution in [1.29, 1.82) is 5.26 Å². The molecule has 1 spiro atoms. The van der Waals surface area contributed by atoms with Gasteiger partial charge in [0.25, 0.3) is 0 Å². The van der Waals surface area contributed by atoms with Crippen LogP contribution in [-0.2, 0) is 15.0 Å². The lowest BCUT2D eigenvalue weighted by Crippen LogP contribution is -2.52. The lowest BCUT2D eigenvalue weighted by Gasteiger charge is -2.46. The molecule has 1 amide bonds. The molecular formula is C25H21ClN4O2. The Morgan fingerprint density at radius 3 is 2.53 bits per heavy atom. The topological polar surface area (TPSA) is 99.2 Å². The summed E-state index contributed by atoms with van der Waals surface area (Å²) in [4.78, 5) is 29.1. The first kappa shape index (κ1) is 20.3. The van der Waals surface area contributed by atoms with E-state index in [1.54, 1.807) is 23.1 Å². The Balaban J connectivity index is 1.92. The Kier molecular flexibility index (Phi) is 4.27. The van der Waals surface area contributed by atoms with Crippen molar-refractivity contribution >= 4 is 34.7 Å². The van der Waals surface area contributed by atoms with Crippen molar-refractivity contribution < 1.29 is 9.59 Å². The number of benzene rings is 2. The van der Waals surface area contributed by atoms with Gasteiger partial charge in [0.05, 0.1) is 5.57 Å². The number of rotatable bonds is 1. The van der Waals surface area contributed by atoms with Crippen LogP contribution < -0.4 is 16.0 Å². The fourth-order valence-corrected chi connectivity index (χ4v) is 5.43. The van der Waals surface area contributed by atoms with E-state index in [4.69, 9.17) is 17.3 Å². The van der Waals surface area contributed by atoms with Crippen molar-refractivity contribution in [2.24, 2.45) is 11.1 Å². The highest BCUT2D eigenvalue weighted by Crippen LogP contribution is 2.57. The number of carbonyl (C=O) groups is 2. The molecule has 0 aromatic heterocycles. The molecule has 7 heteroatoms. The minimum absolute atomic E-state index is 0.0340. The summed E-state index contributed by atoms with van der Waals surface area (Å²) in [5.41, 5.74) is 7.43. The number of allylic oxidation sites excluding steroid dienone is 1. The van der Waals surface area contributed by atoms with E-state index >= 15 is 0 Å². The third kappa shape index (κ3) is 2.58. The van der Waals surface area contributed by atoms with Crippen molar-refractivity contribution in [3.05, 3.63) is 81.8 Å². The Morgan fingerprint density at radius 1 is 1.12 bits per heavy atom. The van der Waals surface area contributed by atoms with Gasteiger partial charge in [-0.15, -0.1) is 0 Å². The molecule has 0 bridgehead atoms. The highest BCUT2D eigenvalue weighted by molar-refractivity contribution is 6.31. The summed E-state index contributed by atoms with van der Waals surface area (Å²) in [6.07, 6.45) is 0.783. The van der Waals surface area contributed by atoms with E-state index in [1.807, 2.05) is 44.2 Å². The third-order valence-electron chi connectivity index (χ3n) is 6.47. The van der Waals surface area contributed by atoms with E-state index < -0.39 is 11.3 Å². The second-order valence-corrected chi connectivity index (χ2v) is 9.64. The number of para-hydroxylation sites is 1. The van der Waals surface area contributed by atoms with E-state index in [9.17, 15) is 14.9 Å². The molecule has 0 saturated carbocycles. The zero-order chi connectivity index (χ0) is 22.8. The maximum atomic E-state index is 13.7. The molecule has 32 heavy (non-hydrogen) atoms. The molecule has 6 nitrogen and oxygen atoms in total. The largest absolute Gasteiger partial charge is 0.384 e. The fourth-order valence-electron chi connectivity index (χ4n) is 5.26. The monoisotopic (exact) mass is 444 g/mol. The van der Waals surface area contributed by atoms with E-state index in [0.717, 1.165) is 5.69 Å². The van der Waals surface area contributed by atoms with Crippen LogP contribution in [0.15, 0.2) is 71.2 Å². The highest BCUT2D eigenvalue weighted by Gasteiger charge is 2.61. The number of hydrogen-bond acceptors (Lipinski definition) is 5. The summed E-state index contributed by atoms with van der Waals surface area (Å²) < 4.78 is 0. The van der Waals surface area contributed by atoms with Gasteiger partial charge in [0.2, 0.25) is 5.91 Å². The Bertz CT molecular complexity index is 1300. The summed E-state index contributed by atoms with van der Waals surface area (Å²) in [5, 5.41) is 13.5. The van der Waals surface area contributed by atoms with E-state index in [0.29, 0.717) is 34.0 Å². The van der Waals surface area contributed by atoms with Crippen LogP contribution in [0.25, 0.3) is 0 Å². The number of Topliss-reactive ketones (excluding diaryl/α,β-unsaturated/α-hetero) is 1. The van der Waals surface area contributed by atoms with Crippen molar-refractivity contribution in [2.45, 2.75) is 32.1 Å². The van der Waals surface area contributed by atoms with Crippen molar-refractivity contribution in [3.8, 4) is 6.07 Å². The van der Waals surface area contributed by atoms with Gasteiger partial charge < -0.3 is 11.1 Å². The number of nitrogens with one attached hydrogen (secondary N) is 1. The van der Waals surface area contributed by atoms with Gasteiger partial charge in [-0.25, -0.2) is 0 Å². The molecule has 160 valence electrons. The summed E-state index contributed by atoms with van der Waals surface area (Å²) in [7, 11) is 0. The van der Waals surface area contributed by atoms with Gasteiger partial charge in [-0.2, -0.15) is 5.26 Å². The molecule has 2 heterocycles. The molecule has 2 aliphatic heterocycles. The van der Waals surface area contributed by atoms with Crippen LogP contribution in [0.5, 0.6) is 0 Å². The zero-order valence-electron chi connectivity index (χ0n) is 17.7. The van der Waals surface area contributed by atoms with Gasteiger partial charge >= 0.3 is 0 Å². The molecule has 0 saturated heterocycles. The first-order chi connectivity index (χ1) is 15.2. The predicted molar refractivity (Wildman–Crippen MR) is 123 cm³/mol. The number of hydrogen-bond donors (Lipinski definition) is 2. The minimum atomic E-state index is -1.62. The summed E-state index contributed by atoms with van der Waals surface area (Å²) in [5.74, 6) is -0.478. The molecule has 3 aliphatic rings. The van der Waals surface area contributed by atoms with E-state index in [-0.39, 0.29) is 29.0 Å². The smallest absolute Gasteiger partial charge is 0.245 e. The van der Waals surface area contributed by atoms with Gasteiger partial charge in [0, 0.05) is 39.7 Å². The van der Waals surface area contributed by atoms with Crippen molar-refractivity contribution in [3.63, 3.8) is 0 Å². The second kappa shape index (κ2) is 6.72. The summed E-state index contributed by atoms with van der Waals surface area (Å²) in [6.45, 7) is 4.04. The number of anilines is 2. The first-order valence-electron chi connectivity index (χ1n) is 10.3. The Labute approximate surface area is 191 Å². The Hall–Kier alpha value is -3.56. The maximum Gasteiger partial charge on any atom is 0.245 e. The molecule has 1 aliphatic carbocycles. The SMILES string of the molecule is CC1(C)CC(=O)C2=C(C1)N(c1ccccc1)C(N)=C(C#N)C21C(=O)Nc2ccc(Cl)cc21. The van der Waals surface area contributed by atoms with E-state index in [2.05, 4.69) is 11.4 Å². The van der Waals surface area contributed by atoms with Gasteiger partial charge in [-0.1, -0.05) is 43.6 Å². The number of halogens is 1. The second-order valence-electron chi connectivity index (χ2n) is 9.20. The number of carbonyl (C=O) groups excluding carboxylic acids is 2.